The van der Waals surface area contributed by atoms with Crippen LogP contribution in [0.15, 0.2) is 23.9 Å². The Morgan fingerprint density at radius 1 is 0.607 bits per heavy atom. The van der Waals surface area contributed by atoms with E-state index >= 15 is 0 Å². The highest BCUT2D eigenvalue weighted by atomic mass is 16.3. The van der Waals surface area contributed by atoms with E-state index in [0.29, 0.717) is 30.9 Å². The molecule has 0 aromatic rings. The predicted molar refractivity (Wildman–Crippen MR) is 120 cm³/mol. The van der Waals surface area contributed by atoms with Crippen LogP contribution in [0.25, 0.3) is 0 Å². The van der Waals surface area contributed by atoms with Gasteiger partial charge in [-0.15, -0.1) is 0 Å². The van der Waals surface area contributed by atoms with E-state index in [2.05, 4.69) is 13.8 Å². The van der Waals surface area contributed by atoms with Crippen molar-refractivity contribution in [3.05, 3.63) is 23.9 Å². The SMILES string of the molecule is CCCCCCCCC/C(O)=C/N(/C=C(\O)CCCCCCCCC)CCO. The topological polar surface area (TPSA) is 63.9 Å². The first-order valence-electron chi connectivity index (χ1n) is 11.8. The first kappa shape index (κ1) is 26.8. The molecule has 0 bridgehead atoms. The summed E-state index contributed by atoms with van der Waals surface area (Å²) in [6.07, 6.45) is 21.7. The number of nitrogens with zero attached hydrogens (tertiary/aromatic N) is 1. The second-order valence-corrected chi connectivity index (χ2v) is 7.94. The van der Waals surface area contributed by atoms with Gasteiger partial charge in [-0.25, -0.2) is 0 Å². The third-order valence-electron chi connectivity index (χ3n) is 5.06. The summed E-state index contributed by atoms with van der Waals surface area (Å²) in [5, 5.41) is 29.5. The smallest absolute Gasteiger partial charge is 0.108 e. The number of unbranched alkanes of at least 4 members (excludes halogenated alkanes) is 12. The maximum atomic E-state index is 10.1. The average molecular weight is 398 g/mol. The molecule has 4 nitrogen and oxygen atoms in total. The molecular weight excluding hydrogens is 350 g/mol. The Morgan fingerprint density at radius 3 is 1.32 bits per heavy atom. The minimum absolute atomic E-state index is 0.0115. The third kappa shape index (κ3) is 18.2. The number of hydrogen-bond donors (Lipinski definition) is 3. The van der Waals surface area contributed by atoms with Gasteiger partial charge in [-0.05, 0) is 12.8 Å². The number of allylic oxidation sites excluding steroid dienone is 2. The molecule has 0 heterocycles. The van der Waals surface area contributed by atoms with Gasteiger partial charge in [-0.3, -0.25) is 0 Å². The first-order valence-corrected chi connectivity index (χ1v) is 11.8. The van der Waals surface area contributed by atoms with Crippen LogP contribution >= 0.6 is 0 Å². The Balaban J connectivity index is 4.10. The fourth-order valence-corrected chi connectivity index (χ4v) is 3.32. The number of hydrogen-bond acceptors (Lipinski definition) is 4. The van der Waals surface area contributed by atoms with Gasteiger partial charge in [-0.1, -0.05) is 90.9 Å². The van der Waals surface area contributed by atoms with Gasteiger partial charge >= 0.3 is 0 Å². The minimum Gasteiger partial charge on any atom is -0.511 e. The van der Waals surface area contributed by atoms with Crippen molar-refractivity contribution in [1.82, 2.24) is 4.90 Å². The summed E-state index contributed by atoms with van der Waals surface area (Å²) in [6.45, 7) is 4.81. The maximum absolute atomic E-state index is 10.1. The quantitative estimate of drug-likeness (QED) is 0.148. The minimum atomic E-state index is -0.0115. The van der Waals surface area contributed by atoms with Crippen molar-refractivity contribution in [2.45, 2.75) is 117 Å². The van der Waals surface area contributed by atoms with Crippen LogP contribution in [-0.4, -0.2) is 33.4 Å². The van der Waals surface area contributed by atoms with E-state index in [1.54, 1.807) is 17.3 Å². The molecule has 0 atom stereocenters. The molecule has 3 N–H and O–H groups in total. The van der Waals surface area contributed by atoms with Crippen molar-refractivity contribution in [3.63, 3.8) is 0 Å². The Kier molecular flexibility index (Phi) is 19.7. The highest BCUT2D eigenvalue weighted by molar-refractivity contribution is 4.99. The van der Waals surface area contributed by atoms with Gasteiger partial charge in [0, 0.05) is 31.8 Å². The second kappa shape index (κ2) is 20.6. The Labute approximate surface area is 174 Å². The lowest BCUT2D eigenvalue weighted by Crippen LogP contribution is -2.16. The Hall–Kier alpha value is -1.16. The molecule has 0 rings (SSSR count). The summed E-state index contributed by atoms with van der Waals surface area (Å²) in [4.78, 5) is 1.70. The Morgan fingerprint density at radius 2 is 0.964 bits per heavy atom. The van der Waals surface area contributed by atoms with E-state index < -0.39 is 0 Å². The second-order valence-electron chi connectivity index (χ2n) is 7.94. The molecule has 0 saturated carbocycles. The van der Waals surface area contributed by atoms with Crippen molar-refractivity contribution in [2.24, 2.45) is 0 Å². The molecular formula is C24H47NO3. The van der Waals surface area contributed by atoms with Gasteiger partial charge in [0.05, 0.1) is 6.61 Å². The van der Waals surface area contributed by atoms with Gasteiger partial charge in [0.1, 0.15) is 11.5 Å². The summed E-state index contributed by atoms with van der Waals surface area (Å²) < 4.78 is 0. The van der Waals surface area contributed by atoms with E-state index in [4.69, 9.17) is 0 Å². The van der Waals surface area contributed by atoms with Gasteiger partial charge in [-0.2, -0.15) is 0 Å². The monoisotopic (exact) mass is 397 g/mol. The molecule has 0 spiro atoms. The van der Waals surface area contributed by atoms with Crippen LogP contribution in [0.4, 0.5) is 0 Å². The van der Waals surface area contributed by atoms with Crippen molar-refractivity contribution in [2.75, 3.05) is 13.2 Å². The van der Waals surface area contributed by atoms with Crippen LogP contribution in [-0.2, 0) is 0 Å². The lowest BCUT2D eigenvalue weighted by atomic mass is 10.1. The summed E-state index contributed by atoms with van der Waals surface area (Å²) in [7, 11) is 0. The lowest BCUT2D eigenvalue weighted by Gasteiger charge is -2.16. The standard InChI is InChI=1S/C24H47NO3/c1-3-5-7-9-11-13-15-17-23(27)21-25(19-20-26)22-24(28)18-16-14-12-10-8-6-4-2/h21-22,26-28H,3-20H2,1-2H3/b23-21-,24-22-. The van der Waals surface area contributed by atoms with Gasteiger partial charge < -0.3 is 20.2 Å². The van der Waals surface area contributed by atoms with Gasteiger partial charge in [0.2, 0.25) is 0 Å². The number of aliphatic hydroxyl groups excluding tert-OH is 3. The summed E-state index contributed by atoms with van der Waals surface area (Å²) in [6, 6.07) is 0. The van der Waals surface area contributed by atoms with Crippen LogP contribution < -0.4 is 0 Å². The van der Waals surface area contributed by atoms with Gasteiger partial charge in [0.15, 0.2) is 0 Å². The molecule has 0 aliphatic heterocycles. The molecule has 0 aromatic heterocycles. The predicted octanol–water partition coefficient (Wildman–Crippen LogP) is 7.36. The van der Waals surface area contributed by atoms with E-state index in [-0.39, 0.29) is 6.61 Å². The molecule has 0 fully saturated rings. The van der Waals surface area contributed by atoms with Crippen molar-refractivity contribution in [1.29, 1.82) is 0 Å². The van der Waals surface area contributed by atoms with Crippen LogP contribution in [0, 0.1) is 0 Å². The number of aliphatic hydroxyl groups is 3. The highest BCUT2D eigenvalue weighted by Gasteiger charge is 2.03. The van der Waals surface area contributed by atoms with Crippen LogP contribution in [0.3, 0.4) is 0 Å². The molecule has 0 radical (unpaired) electrons. The summed E-state index contributed by atoms with van der Waals surface area (Å²) in [5.74, 6) is 0.643. The molecule has 166 valence electrons. The van der Waals surface area contributed by atoms with E-state index in [0.717, 1.165) is 25.7 Å². The zero-order valence-corrected chi connectivity index (χ0v) is 18.7. The fourth-order valence-electron chi connectivity index (χ4n) is 3.32. The Bertz CT molecular complexity index is 359. The van der Waals surface area contributed by atoms with Crippen LogP contribution in [0.5, 0.6) is 0 Å². The maximum Gasteiger partial charge on any atom is 0.108 e. The van der Waals surface area contributed by atoms with Crippen LogP contribution in [0.2, 0.25) is 0 Å². The lowest BCUT2D eigenvalue weighted by molar-refractivity contribution is 0.252. The zero-order chi connectivity index (χ0) is 20.9. The molecule has 0 saturated heterocycles. The third-order valence-corrected chi connectivity index (χ3v) is 5.06. The van der Waals surface area contributed by atoms with Crippen LogP contribution in [0.1, 0.15) is 117 Å². The largest absolute Gasteiger partial charge is 0.511 e. The molecule has 4 heteroatoms. The molecule has 0 aliphatic rings. The van der Waals surface area contributed by atoms with E-state index in [9.17, 15) is 15.3 Å². The molecule has 0 aromatic carbocycles. The molecule has 0 amide bonds. The summed E-state index contributed by atoms with van der Waals surface area (Å²) >= 11 is 0. The van der Waals surface area contributed by atoms with Gasteiger partial charge in [0.25, 0.3) is 0 Å². The van der Waals surface area contributed by atoms with Crippen molar-refractivity contribution in [3.8, 4) is 0 Å². The average Bonchev–Trinajstić information content (AvgIpc) is 2.66. The number of rotatable bonds is 20. The highest BCUT2D eigenvalue weighted by Crippen LogP contribution is 2.14. The summed E-state index contributed by atoms with van der Waals surface area (Å²) in [5.41, 5.74) is 0. The fraction of sp³-hybridized carbons (Fsp3) is 0.833. The molecule has 0 aliphatic carbocycles. The van der Waals surface area contributed by atoms with E-state index in [1.807, 2.05) is 0 Å². The normalized spacial score (nSPS) is 12.5. The molecule has 28 heavy (non-hydrogen) atoms. The first-order chi connectivity index (χ1) is 13.6. The van der Waals surface area contributed by atoms with Crippen molar-refractivity contribution >= 4 is 0 Å². The van der Waals surface area contributed by atoms with Crippen molar-refractivity contribution < 1.29 is 15.3 Å². The zero-order valence-electron chi connectivity index (χ0n) is 18.7. The molecule has 0 unspecified atom stereocenters. The van der Waals surface area contributed by atoms with E-state index in [1.165, 1.54) is 64.2 Å².